The predicted molar refractivity (Wildman–Crippen MR) is 120 cm³/mol. The standard InChI is InChI=1S/C22H22AsN3O5/c1-3-14-6-4-5-7-18(14)24-13-17-19(12-20(27)28)25-26(21(17)29)16-10-8-15(9-11-16)23-22(30)31-2/h4-11,13,23-24H,3,12H2,1-2H3,(H,27,28)/b17-13+. The number of ether oxygens (including phenoxy) is 1. The van der Waals surface area contributed by atoms with Gasteiger partial charge in [0.25, 0.3) is 0 Å². The number of para-hydroxylation sites is 1. The number of rotatable bonds is 8. The topological polar surface area (TPSA) is 108 Å². The number of nitrogens with one attached hydrogen (secondary N) is 1. The average molecular weight is 483 g/mol. The maximum atomic E-state index is 13.0. The summed E-state index contributed by atoms with van der Waals surface area (Å²) in [5.74, 6) is -1.50. The van der Waals surface area contributed by atoms with E-state index in [9.17, 15) is 19.5 Å². The van der Waals surface area contributed by atoms with Crippen molar-refractivity contribution >= 4 is 53.8 Å². The number of benzene rings is 2. The van der Waals surface area contributed by atoms with Crippen LogP contribution in [0.5, 0.6) is 0 Å². The first-order valence-corrected chi connectivity index (χ1v) is 11.7. The Labute approximate surface area is 186 Å². The van der Waals surface area contributed by atoms with Gasteiger partial charge in [0.2, 0.25) is 0 Å². The number of carboxylic acids is 1. The van der Waals surface area contributed by atoms with Crippen molar-refractivity contribution in [1.29, 1.82) is 0 Å². The van der Waals surface area contributed by atoms with Crippen LogP contribution in [0.15, 0.2) is 65.4 Å². The number of hydrogen-bond donors (Lipinski definition) is 2. The van der Waals surface area contributed by atoms with Gasteiger partial charge in [0.15, 0.2) is 0 Å². The molecule has 1 atom stereocenters. The van der Waals surface area contributed by atoms with Crippen LogP contribution in [-0.4, -0.2) is 50.3 Å². The molecule has 1 aliphatic heterocycles. The van der Waals surface area contributed by atoms with E-state index in [1.54, 1.807) is 24.3 Å². The van der Waals surface area contributed by atoms with Crippen LogP contribution in [0.25, 0.3) is 0 Å². The molecular weight excluding hydrogens is 461 g/mol. The summed E-state index contributed by atoms with van der Waals surface area (Å²) in [5.41, 5.74) is 2.77. The summed E-state index contributed by atoms with van der Waals surface area (Å²) in [6, 6.07) is 14.6. The maximum absolute atomic E-state index is 13.0. The Bertz CT molecular complexity index is 1060. The Morgan fingerprint density at radius 1 is 1.19 bits per heavy atom. The average Bonchev–Trinajstić information content (AvgIpc) is 3.07. The minimum atomic E-state index is -1.08. The second kappa shape index (κ2) is 10.1. The molecule has 31 heavy (non-hydrogen) atoms. The molecule has 3 rings (SSSR count). The summed E-state index contributed by atoms with van der Waals surface area (Å²) >= 11 is -1.08. The van der Waals surface area contributed by atoms with Crippen LogP contribution < -0.4 is 14.7 Å². The molecule has 0 spiro atoms. The third-order valence-corrected chi connectivity index (χ3v) is 6.75. The van der Waals surface area contributed by atoms with E-state index in [-0.39, 0.29) is 22.5 Å². The minimum absolute atomic E-state index is 0.172. The molecule has 0 aromatic heterocycles. The van der Waals surface area contributed by atoms with E-state index >= 15 is 0 Å². The SMILES string of the molecule is CCc1ccccc1N/C=C1/C(=O)N(c2ccc([AsH]C(=O)OC)cc2)N=C1CC(=O)O. The zero-order chi connectivity index (χ0) is 22.4. The Morgan fingerprint density at radius 3 is 2.55 bits per heavy atom. The zero-order valence-electron chi connectivity index (χ0n) is 17.1. The molecule has 1 aliphatic rings. The van der Waals surface area contributed by atoms with E-state index in [2.05, 4.69) is 10.4 Å². The van der Waals surface area contributed by atoms with Crippen molar-refractivity contribution in [3.05, 3.63) is 65.9 Å². The van der Waals surface area contributed by atoms with E-state index in [1.807, 2.05) is 31.2 Å². The van der Waals surface area contributed by atoms with Gasteiger partial charge >= 0.3 is 173 Å². The summed E-state index contributed by atoms with van der Waals surface area (Å²) in [6.07, 6.45) is 1.94. The number of carbonyl (C=O) groups is 3. The summed E-state index contributed by atoms with van der Waals surface area (Å²) in [5, 5.41) is 17.8. The molecule has 160 valence electrons. The molecule has 0 aliphatic carbocycles. The first-order valence-electron chi connectivity index (χ1n) is 9.56. The first kappa shape index (κ1) is 22.3. The number of hydrogen-bond acceptors (Lipinski definition) is 6. The number of carboxylic acid groups (broad SMARTS) is 1. The molecule has 1 unspecified atom stereocenters. The molecule has 1 heterocycles. The van der Waals surface area contributed by atoms with E-state index in [1.165, 1.54) is 18.3 Å². The van der Waals surface area contributed by atoms with Crippen molar-refractivity contribution in [1.82, 2.24) is 0 Å². The number of carbonyl (C=O) groups excluding carboxylic acids is 2. The third kappa shape index (κ3) is 5.41. The summed E-state index contributed by atoms with van der Waals surface area (Å²) in [7, 11) is 1.35. The van der Waals surface area contributed by atoms with Crippen LogP contribution in [0.4, 0.5) is 16.2 Å². The molecule has 0 fully saturated rings. The van der Waals surface area contributed by atoms with Crippen LogP contribution in [0.3, 0.4) is 0 Å². The second-order valence-electron chi connectivity index (χ2n) is 6.61. The van der Waals surface area contributed by atoms with Crippen LogP contribution in [0.2, 0.25) is 0 Å². The summed E-state index contributed by atoms with van der Waals surface area (Å²) in [4.78, 5) is 35.8. The molecular formula is C22H22AsN3O5. The predicted octanol–water partition coefficient (Wildman–Crippen LogP) is 2.25. The van der Waals surface area contributed by atoms with Crippen molar-refractivity contribution in [2.45, 2.75) is 19.8 Å². The van der Waals surface area contributed by atoms with Crippen molar-refractivity contribution < 1.29 is 24.2 Å². The fourth-order valence-corrected chi connectivity index (χ4v) is 4.43. The molecule has 2 aromatic rings. The normalized spacial score (nSPS) is 14.9. The van der Waals surface area contributed by atoms with Crippen LogP contribution in [0.1, 0.15) is 18.9 Å². The molecule has 0 saturated heterocycles. The van der Waals surface area contributed by atoms with Gasteiger partial charge in [-0.15, -0.1) is 0 Å². The van der Waals surface area contributed by atoms with Gasteiger partial charge in [-0.25, -0.2) is 0 Å². The molecule has 8 nitrogen and oxygen atoms in total. The zero-order valence-corrected chi connectivity index (χ0v) is 19.2. The summed E-state index contributed by atoms with van der Waals surface area (Å²) in [6.45, 7) is 2.03. The van der Waals surface area contributed by atoms with Crippen LogP contribution in [0, 0.1) is 0 Å². The molecule has 2 N–H and O–H groups in total. The number of aryl methyl sites for hydroxylation is 1. The Kier molecular flexibility index (Phi) is 7.26. The number of amides is 1. The van der Waals surface area contributed by atoms with E-state index in [0.717, 1.165) is 22.0 Å². The van der Waals surface area contributed by atoms with Crippen molar-refractivity contribution in [2.75, 3.05) is 17.4 Å². The van der Waals surface area contributed by atoms with Gasteiger partial charge in [-0.1, -0.05) is 13.0 Å². The van der Waals surface area contributed by atoms with E-state index < -0.39 is 27.6 Å². The number of hydrazone groups is 1. The van der Waals surface area contributed by atoms with Gasteiger partial charge < -0.3 is 0 Å². The van der Waals surface area contributed by atoms with Crippen molar-refractivity contribution in [2.24, 2.45) is 5.10 Å². The molecule has 0 bridgehead atoms. The van der Waals surface area contributed by atoms with Crippen molar-refractivity contribution in [3.63, 3.8) is 0 Å². The number of methoxy groups -OCH3 is 1. The van der Waals surface area contributed by atoms with Gasteiger partial charge in [-0.05, 0) is 0 Å². The van der Waals surface area contributed by atoms with Gasteiger partial charge in [0.05, 0.1) is 0 Å². The van der Waals surface area contributed by atoms with E-state index in [4.69, 9.17) is 4.74 Å². The van der Waals surface area contributed by atoms with Crippen LogP contribution in [-0.2, 0) is 20.7 Å². The Hall–Kier alpha value is -3.38. The fourth-order valence-electron chi connectivity index (χ4n) is 3.03. The van der Waals surface area contributed by atoms with Crippen molar-refractivity contribution in [3.8, 4) is 0 Å². The van der Waals surface area contributed by atoms with Gasteiger partial charge in [-0.2, -0.15) is 0 Å². The van der Waals surface area contributed by atoms with Crippen LogP contribution >= 0.6 is 0 Å². The number of nitrogens with zero attached hydrogens (tertiary/aromatic N) is 2. The number of aliphatic carboxylic acids is 1. The molecule has 1 amide bonds. The Balaban J connectivity index is 1.86. The Morgan fingerprint density at radius 2 is 1.90 bits per heavy atom. The van der Waals surface area contributed by atoms with Gasteiger partial charge in [0.1, 0.15) is 0 Å². The first-order chi connectivity index (χ1) is 14.9. The van der Waals surface area contributed by atoms with E-state index in [0.29, 0.717) is 5.69 Å². The van der Waals surface area contributed by atoms with Gasteiger partial charge in [0, 0.05) is 0 Å². The number of anilines is 2. The molecule has 2 aromatic carbocycles. The molecule has 9 heteroatoms. The third-order valence-electron chi connectivity index (χ3n) is 4.59. The van der Waals surface area contributed by atoms with Gasteiger partial charge in [-0.3, -0.25) is 0 Å². The fraction of sp³-hybridized carbons (Fsp3) is 0.182. The monoisotopic (exact) mass is 483 g/mol. The molecule has 0 radical (unpaired) electrons. The summed E-state index contributed by atoms with van der Waals surface area (Å²) < 4.78 is 5.32. The second-order valence-corrected chi connectivity index (χ2v) is 9.20. The molecule has 0 saturated carbocycles. The quantitative estimate of drug-likeness (QED) is 0.441.